The zero-order valence-corrected chi connectivity index (χ0v) is 16.0. The highest BCUT2D eigenvalue weighted by Gasteiger charge is 2.22. The maximum atomic E-state index is 12.5. The molecule has 1 atom stereocenters. The number of hydrogen-bond acceptors (Lipinski definition) is 4. The summed E-state index contributed by atoms with van der Waals surface area (Å²) in [5, 5.41) is 12.3. The number of carbonyl (C=O) groups is 2. The zero-order chi connectivity index (χ0) is 19.8. The van der Waals surface area contributed by atoms with Gasteiger partial charge < -0.3 is 19.9 Å². The highest BCUT2D eigenvalue weighted by Crippen LogP contribution is 2.36. The number of benzene rings is 2. The van der Waals surface area contributed by atoms with Crippen LogP contribution in [0.25, 0.3) is 0 Å². The summed E-state index contributed by atoms with van der Waals surface area (Å²) in [6, 6.07) is 11.7. The van der Waals surface area contributed by atoms with Crippen LogP contribution >= 0.6 is 11.6 Å². The van der Waals surface area contributed by atoms with Gasteiger partial charge in [-0.05, 0) is 24.1 Å². The molecule has 0 bridgehead atoms. The van der Waals surface area contributed by atoms with Crippen LogP contribution in [0.1, 0.15) is 35.2 Å². The van der Waals surface area contributed by atoms with Gasteiger partial charge in [0.1, 0.15) is 0 Å². The third kappa shape index (κ3) is 5.37. The fourth-order valence-corrected chi connectivity index (χ4v) is 2.79. The average molecular weight is 392 g/mol. The van der Waals surface area contributed by atoms with Crippen molar-refractivity contribution in [2.24, 2.45) is 0 Å². The lowest BCUT2D eigenvalue weighted by Gasteiger charge is -2.16. The Morgan fingerprint density at radius 3 is 2.52 bits per heavy atom. The molecule has 0 aromatic heterocycles. The molecule has 6 nitrogen and oxygen atoms in total. The summed E-state index contributed by atoms with van der Waals surface area (Å²) in [7, 11) is 1.46. The van der Waals surface area contributed by atoms with Crippen molar-refractivity contribution in [3.8, 4) is 11.5 Å². The Hall–Kier alpha value is -2.73. The number of nitrogens with one attached hydrogen (secondary N) is 1. The summed E-state index contributed by atoms with van der Waals surface area (Å²) in [5.41, 5.74) is 0.877. The molecule has 0 heterocycles. The molecule has 0 aliphatic heterocycles. The first-order valence-electron chi connectivity index (χ1n) is 8.54. The van der Waals surface area contributed by atoms with Crippen LogP contribution in [-0.4, -0.2) is 37.2 Å². The number of amides is 1. The standard InChI is InChI=1S/C20H22ClNO5/c1-3-9-27-18-16(21)10-14(11-17(18)26-2)19(23)22-12-15(20(24)25)13-7-5-4-6-8-13/h4-8,10-11,15H,3,9,12H2,1-2H3,(H,22,23)(H,24,25). The number of aliphatic carboxylic acids is 1. The van der Waals surface area contributed by atoms with Gasteiger partial charge in [-0.3, -0.25) is 9.59 Å². The van der Waals surface area contributed by atoms with Crippen molar-refractivity contribution in [2.45, 2.75) is 19.3 Å². The van der Waals surface area contributed by atoms with Gasteiger partial charge in [-0.15, -0.1) is 0 Å². The summed E-state index contributed by atoms with van der Waals surface area (Å²) in [5.74, 6) is -1.58. The molecule has 7 heteroatoms. The van der Waals surface area contributed by atoms with Gasteiger partial charge in [0, 0.05) is 12.1 Å². The second-order valence-electron chi connectivity index (χ2n) is 5.85. The second kappa shape index (κ2) is 9.83. The predicted octanol–water partition coefficient (Wildman–Crippen LogP) is 3.74. The van der Waals surface area contributed by atoms with Crippen LogP contribution in [0.4, 0.5) is 0 Å². The molecule has 1 unspecified atom stereocenters. The van der Waals surface area contributed by atoms with Crippen LogP contribution in [0.15, 0.2) is 42.5 Å². The predicted molar refractivity (Wildman–Crippen MR) is 103 cm³/mol. The van der Waals surface area contributed by atoms with Crippen LogP contribution in [0.2, 0.25) is 5.02 Å². The molecular formula is C20H22ClNO5. The number of ether oxygens (including phenoxy) is 2. The van der Waals surface area contributed by atoms with Crippen molar-refractivity contribution in [3.63, 3.8) is 0 Å². The largest absolute Gasteiger partial charge is 0.493 e. The lowest BCUT2D eigenvalue weighted by atomic mass is 9.99. The normalized spacial score (nSPS) is 11.5. The molecule has 0 radical (unpaired) electrons. The lowest BCUT2D eigenvalue weighted by molar-refractivity contribution is -0.138. The van der Waals surface area contributed by atoms with Crippen molar-refractivity contribution in [2.75, 3.05) is 20.3 Å². The first-order chi connectivity index (χ1) is 13.0. The zero-order valence-electron chi connectivity index (χ0n) is 15.2. The van der Waals surface area contributed by atoms with Crippen LogP contribution in [-0.2, 0) is 4.79 Å². The number of rotatable bonds is 9. The highest BCUT2D eigenvalue weighted by molar-refractivity contribution is 6.32. The van der Waals surface area contributed by atoms with Crippen molar-refractivity contribution < 1.29 is 24.2 Å². The molecule has 2 aromatic carbocycles. The number of carbonyl (C=O) groups excluding carboxylic acids is 1. The Kier molecular flexibility index (Phi) is 7.49. The van der Waals surface area contributed by atoms with Crippen LogP contribution in [0.3, 0.4) is 0 Å². The number of methoxy groups -OCH3 is 1. The molecule has 0 aliphatic carbocycles. The Morgan fingerprint density at radius 2 is 1.93 bits per heavy atom. The number of hydrogen-bond donors (Lipinski definition) is 2. The SMILES string of the molecule is CCCOc1c(Cl)cc(C(=O)NCC(C(=O)O)c2ccccc2)cc1OC. The Balaban J connectivity index is 2.15. The maximum absolute atomic E-state index is 12.5. The molecule has 2 N–H and O–H groups in total. The van der Waals surface area contributed by atoms with E-state index in [1.807, 2.05) is 6.92 Å². The molecule has 0 spiro atoms. The van der Waals surface area contributed by atoms with E-state index < -0.39 is 17.8 Å². The van der Waals surface area contributed by atoms with Gasteiger partial charge in [0.15, 0.2) is 11.5 Å². The molecule has 1 amide bonds. The first-order valence-corrected chi connectivity index (χ1v) is 8.92. The fraction of sp³-hybridized carbons (Fsp3) is 0.300. The molecule has 144 valence electrons. The van der Waals surface area contributed by atoms with E-state index in [0.29, 0.717) is 23.7 Å². The fourth-order valence-electron chi connectivity index (χ4n) is 2.53. The molecule has 27 heavy (non-hydrogen) atoms. The monoisotopic (exact) mass is 391 g/mol. The van der Waals surface area contributed by atoms with Crippen molar-refractivity contribution in [1.82, 2.24) is 5.32 Å². The van der Waals surface area contributed by atoms with Gasteiger partial charge in [-0.2, -0.15) is 0 Å². The molecule has 0 saturated carbocycles. The first kappa shape index (κ1) is 20.6. The summed E-state index contributed by atoms with van der Waals surface area (Å²) < 4.78 is 10.8. The minimum atomic E-state index is -1.01. The number of carboxylic acids is 1. The molecule has 0 fully saturated rings. The summed E-state index contributed by atoms with van der Waals surface area (Å²) in [6.45, 7) is 2.39. The number of halogens is 1. The molecule has 0 saturated heterocycles. The highest BCUT2D eigenvalue weighted by atomic mass is 35.5. The van der Waals surface area contributed by atoms with Crippen molar-refractivity contribution in [1.29, 1.82) is 0 Å². The van der Waals surface area contributed by atoms with E-state index in [1.54, 1.807) is 30.3 Å². The van der Waals surface area contributed by atoms with Crippen LogP contribution < -0.4 is 14.8 Å². The molecule has 2 aromatic rings. The minimum Gasteiger partial charge on any atom is -0.493 e. The van der Waals surface area contributed by atoms with Gasteiger partial charge in [-0.25, -0.2) is 0 Å². The van der Waals surface area contributed by atoms with Crippen molar-refractivity contribution in [3.05, 3.63) is 58.6 Å². The Bertz CT molecular complexity index is 794. The summed E-state index contributed by atoms with van der Waals surface area (Å²) in [6.07, 6.45) is 0.803. The van der Waals surface area contributed by atoms with Gasteiger partial charge in [0.05, 0.1) is 24.7 Å². The average Bonchev–Trinajstić information content (AvgIpc) is 2.67. The summed E-state index contributed by atoms with van der Waals surface area (Å²) in [4.78, 5) is 24.0. The maximum Gasteiger partial charge on any atom is 0.312 e. The van der Waals surface area contributed by atoms with E-state index >= 15 is 0 Å². The van der Waals surface area contributed by atoms with E-state index in [4.69, 9.17) is 21.1 Å². The van der Waals surface area contributed by atoms with E-state index in [1.165, 1.54) is 19.2 Å². The molecule has 2 rings (SSSR count). The van der Waals surface area contributed by atoms with Crippen LogP contribution in [0, 0.1) is 0 Å². The number of carboxylic acid groups (broad SMARTS) is 1. The van der Waals surface area contributed by atoms with Gasteiger partial charge in [0.25, 0.3) is 5.91 Å². The van der Waals surface area contributed by atoms with Gasteiger partial charge >= 0.3 is 5.97 Å². The summed E-state index contributed by atoms with van der Waals surface area (Å²) >= 11 is 6.22. The van der Waals surface area contributed by atoms with E-state index in [2.05, 4.69) is 5.32 Å². The minimum absolute atomic E-state index is 0.0494. The second-order valence-corrected chi connectivity index (χ2v) is 6.26. The van der Waals surface area contributed by atoms with E-state index in [0.717, 1.165) is 6.42 Å². The topological polar surface area (TPSA) is 84.9 Å². The van der Waals surface area contributed by atoms with Gasteiger partial charge in [0.2, 0.25) is 0 Å². The van der Waals surface area contributed by atoms with E-state index in [9.17, 15) is 14.7 Å². The molecular weight excluding hydrogens is 370 g/mol. The Labute approximate surface area is 163 Å². The Morgan fingerprint density at radius 1 is 1.22 bits per heavy atom. The third-order valence-corrected chi connectivity index (χ3v) is 4.19. The molecule has 0 aliphatic rings. The van der Waals surface area contributed by atoms with Crippen molar-refractivity contribution >= 4 is 23.5 Å². The van der Waals surface area contributed by atoms with Gasteiger partial charge in [-0.1, -0.05) is 48.9 Å². The van der Waals surface area contributed by atoms with E-state index in [-0.39, 0.29) is 17.1 Å². The third-order valence-electron chi connectivity index (χ3n) is 3.91. The smallest absolute Gasteiger partial charge is 0.312 e. The quantitative estimate of drug-likeness (QED) is 0.680. The van der Waals surface area contributed by atoms with Crippen LogP contribution in [0.5, 0.6) is 11.5 Å². The lowest BCUT2D eigenvalue weighted by Crippen LogP contribution is -2.31.